The molecular weight excluding hydrogens is 272 g/mol. The van der Waals surface area contributed by atoms with Gasteiger partial charge in [0, 0.05) is 6.54 Å². The van der Waals surface area contributed by atoms with Crippen molar-refractivity contribution in [3.8, 4) is 0 Å². The van der Waals surface area contributed by atoms with E-state index < -0.39 is 0 Å². The van der Waals surface area contributed by atoms with Crippen LogP contribution in [0, 0.1) is 0 Å². The highest BCUT2D eigenvalue weighted by Crippen LogP contribution is 2.25. The minimum atomic E-state index is -0.226. The fourth-order valence-electron chi connectivity index (χ4n) is 3.42. The lowest BCUT2D eigenvalue weighted by Gasteiger charge is -2.30. The second kappa shape index (κ2) is 7.36. The molecule has 2 aliphatic rings. The Morgan fingerprint density at radius 3 is 2.60 bits per heavy atom. The molecule has 1 N–H and O–H groups in total. The lowest BCUT2D eigenvalue weighted by atomic mass is 10.1. The number of hydrogen-bond acceptors (Lipinski definition) is 3. The summed E-state index contributed by atoms with van der Waals surface area (Å²) in [5, 5.41) is 9.56. The third-order valence-corrected chi connectivity index (χ3v) is 4.79. The topological polar surface area (TPSA) is 43.8 Å². The summed E-state index contributed by atoms with van der Waals surface area (Å²) in [5.74, 6) is 0.179. The Bertz CT molecular complexity index is 362. The number of carbonyl (C=O) groups is 1. The second-order valence-electron chi connectivity index (χ2n) is 5.93. The van der Waals surface area contributed by atoms with Crippen molar-refractivity contribution in [2.75, 3.05) is 19.6 Å². The number of rotatable bonds is 6. The molecular formula is C15H26N2O2S. The maximum absolute atomic E-state index is 12.7. The minimum absolute atomic E-state index is 0.0156. The fourth-order valence-corrected chi connectivity index (χ4v) is 3.66. The van der Waals surface area contributed by atoms with E-state index in [9.17, 15) is 9.90 Å². The summed E-state index contributed by atoms with van der Waals surface area (Å²) in [4.78, 5) is 16.9. The zero-order valence-corrected chi connectivity index (χ0v) is 13.2. The van der Waals surface area contributed by atoms with Gasteiger partial charge in [-0.3, -0.25) is 9.69 Å². The molecule has 0 unspecified atom stereocenters. The smallest absolute Gasteiger partial charge is 0.240 e. The van der Waals surface area contributed by atoms with Crippen LogP contribution in [-0.4, -0.2) is 57.6 Å². The van der Waals surface area contributed by atoms with Crippen LogP contribution in [0.3, 0.4) is 0 Å². The standard InChI is InChI=1S/C15H26N2O2S/c1-2-3-4-9-16-10-5-7-12(16)14(18)17-11-6-8-13(17)15(19)20/h12-13H,2-11H2,1H3,(H,19,20)/t12-,13-/m0/s1. The molecule has 2 saturated heterocycles. The number of aliphatic hydroxyl groups is 1. The van der Waals surface area contributed by atoms with Crippen molar-refractivity contribution in [2.45, 2.75) is 64.0 Å². The molecule has 0 aliphatic carbocycles. The van der Waals surface area contributed by atoms with E-state index in [4.69, 9.17) is 12.2 Å². The van der Waals surface area contributed by atoms with Gasteiger partial charge >= 0.3 is 0 Å². The van der Waals surface area contributed by atoms with Gasteiger partial charge in [-0.1, -0.05) is 19.8 Å². The molecule has 2 aliphatic heterocycles. The van der Waals surface area contributed by atoms with Crippen molar-refractivity contribution < 1.29 is 9.90 Å². The number of thiocarbonyl (C=S) groups is 1. The molecule has 2 rings (SSSR count). The van der Waals surface area contributed by atoms with Gasteiger partial charge in [0.05, 0.1) is 12.1 Å². The molecule has 0 aromatic heterocycles. The van der Waals surface area contributed by atoms with Crippen LogP contribution >= 0.6 is 12.2 Å². The van der Waals surface area contributed by atoms with Crippen molar-refractivity contribution in [2.24, 2.45) is 0 Å². The van der Waals surface area contributed by atoms with Gasteiger partial charge < -0.3 is 10.0 Å². The lowest BCUT2D eigenvalue weighted by Crippen LogP contribution is -2.49. The number of aliphatic hydroxyl groups excluding tert-OH is 1. The van der Waals surface area contributed by atoms with Crippen molar-refractivity contribution in [3.63, 3.8) is 0 Å². The maximum atomic E-state index is 12.7. The summed E-state index contributed by atoms with van der Waals surface area (Å²) >= 11 is 4.89. The predicted molar refractivity (Wildman–Crippen MR) is 84.1 cm³/mol. The third kappa shape index (κ3) is 3.50. The average molecular weight is 298 g/mol. The average Bonchev–Trinajstić information content (AvgIpc) is 3.07. The van der Waals surface area contributed by atoms with E-state index >= 15 is 0 Å². The van der Waals surface area contributed by atoms with Gasteiger partial charge in [-0.25, -0.2) is 0 Å². The van der Waals surface area contributed by atoms with E-state index in [1.54, 1.807) is 0 Å². The quantitative estimate of drug-likeness (QED) is 0.604. The molecule has 1 amide bonds. The van der Waals surface area contributed by atoms with Crippen LogP contribution in [0.15, 0.2) is 0 Å². The summed E-state index contributed by atoms with van der Waals surface area (Å²) < 4.78 is 0. The molecule has 0 bridgehead atoms. The Morgan fingerprint density at radius 1 is 1.20 bits per heavy atom. The summed E-state index contributed by atoms with van der Waals surface area (Å²) in [6.45, 7) is 4.99. The van der Waals surface area contributed by atoms with Gasteiger partial charge in [0.2, 0.25) is 5.91 Å². The highest BCUT2D eigenvalue weighted by molar-refractivity contribution is 7.80. The molecule has 0 spiro atoms. The fraction of sp³-hybridized carbons (Fsp3) is 0.867. The lowest BCUT2D eigenvalue weighted by molar-refractivity contribution is -0.135. The van der Waals surface area contributed by atoms with E-state index in [2.05, 4.69) is 11.8 Å². The van der Waals surface area contributed by atoms with Crippen LogP contribution in [0.1, 0.15) is 51.9 Å². The largest absolute Gasteiger partial charge is 0.500 e. The number of carbonyl (C=O) groups excluding carboxylic acids is 1. The molecule has 0 aromatic rings. The van der Waals surface area contributed by atoms with Crippen LogP contribution in [0.2, 0.25) is 0 Å². The Hall–Kier alpha value is -0.680. The van der Waals surface area contributed by atoms with Gasteiger partial charge in [0.25, 0.3) is 0 Å². The van der Waals surface area contributed by atoms with Crippen molar-refractivity contribution in [1.29, 1.82) is 0 Å². The van der Waals surface area contributed by atoms with Gasteiger partial charge in [0.1, 0.15) is 0 Å². The summed E-state index contributed by atoms with van der Waals surface area (Å²) in [6, 6.07) is -0.211. The number of unbranched alkanes of at least 4 members (excludes halogenated alkanes) is 2. The van der Waals surface area contributed by atoms with Crippen molar-refractivity contribution in [3.05, 3.63) is 0 Å². The van der Waals surface area contributed by atoms with E-state index in [1.165, 1.54) is 19.3 Å². The Morgan fingerprint density at radius 2 is 1.90 bits per heavy atom. The number of hydrogen-bond donors (Lipinski definition) is 1. The normalized spacial score (nSPS) is 27.1. The van der Waals surface area contributed by atoms with Gasteiger partial charge in [-0.05, 0) is 57.4 Å². The van der Waals surface area contributed by atoms with Crippen LogP contribution < -0.4 is 0 Å². The highest BCUT2D eigenvalue weighted by atomic mass is 32.1. The van der Waals surface area contributed by atoms with Gasteiger partial charge in [-0.2, -0.15) is 0 Å². The minimum Gasteiger partial charge on any atom is -0.500 e. The summed E-state index contributed by atoms with van der Waals surface area (Å²) in [6.07, 6.45) is 7.41. The molecule has 114 valence electrons. The first-order chi connectivity index (χ1) is 9.65. The van der Waals surface area contributed by atoms with E-state index in [1.807, 2.05) is 4.90 Å². The molecule has 0 radical (unpaired) electrons. The molecule has 20 heavy (non-hydrogen) atoms. The Balaban J connectivity index is 1.94. The summed E-state index contributed by atoms with van der Waals surface area (Å²) in [7, 11) is 0. The van der Waals surface area contributed by atoms with E-state index in [0.717, 1.165) is 45.3 Å². The molecule has 2 heterocycles. The first-order valence-electron chi connectivity index (χ1n) is 7.92. The monoisotopic (exact) mass is 298 g/mol. The van der Waals surface area contributed by atoms with Crippen LogP contribution in [0.4, 0.5) is 0 Å². The van der Waals surface area contributed by atoms with Gasteiger partial charge in [-0.15, -0.1) is 0 Å². The van der Waals surface area contributed by atoms with Crippen LogP contribution in [0.5, 0.6) is 0 Å². The van der Waals surface area contributed by atoms with Crippen molar-refractivity contribution >= 4 is 23.2 Å². The molecule has 4 nitrogen and oxygen atoms in total. The Kier molecular flexibility index (Phi) is 5.78. The first-order valence-corrected chi connectivity index (χ1v) is 8.33. The second-order valence-corrected chi connectivity index (χ2v) is 6.35. The van der Waals surface area contributed by atoms with Crippen LogP contribution in [-0.2, 0) is 4.79 Å². The van der Waals surface area contributed by atoms with Crippen LogP contribution in [0.25, 0.3) is 0 Å². The SMILES string of the molecule is CCCCCN1CCC[C@H]1C(=O)N1CCC[C@H]1C(O)=S. The zero-order chi connectivity index (χ0) is 14.5. The van der Waals surface area contributed by atoms with E-state index in [-0.39, 0.29) is 23.0 Å². The van der Waals surface area contributed by atoms with Gasteiger partial charge in [0.15, 0.2) is 5.05 Å². The number of amides is 1. The third-order valence-electron chi connectivity index (χ3n) is 4.52. The number of nitrogens with zero attached hydrogens (tertiary/aromatic N) is 2. The molecule has 0 saturated carbocycles. The van der Waals surface area contributed by atoms with Crippen molar-refractivity contribution in [1.82, 2.24) is 9.80 Å². The van der Waals surface area contributed by atoms with E-state index in [0.29, 0.717) is 0 Å². The number of likely N-dealkylation sites (tertiary alicyclic amines) is 2. The predicted octanol–water partition coefficient (Wildman–Crippen LogP) is 2.52. The molecule has 0 aromatic carbocycles. The molecule has 2 fully saturated rings. The summed E-state index contributed by atoms with van der Waals surface area (Å²) in [5.41, 5.74) is 0. The molecule has 5 heteroatoms. The zero-order valence-electron chi connectivity index (χ0n) is 12.4. The first kappa shape index (κ1) is 15.7. The molecule has 2 atom stereocenters. The highest BCUT2D eigenvalue weighted by Gasteiger charge is 2.39. The Labute approximate surface area is 127 Å². The maximum Gasteiger partial charge on any atom is 0.240 e.